The van der Waals surface area contributed by atoms with E-state index in [2.05, 4.69) is 4.98 Å². The number of nitrogens with zero attached hydrogens (tertiary/aromatic N) is 2. The molecule has 0 aliphatic carbocycles. The van der Waals surface area contributed by atoms with Crippen molar-refractivity contribution in [2.24, 2.45) is 0 Å². The maximum absolute atomic E-state index is 9.03. The number of rotatable bonds is 3. The lowest BCUT2D eigenvalue weighted by Gasteiger charge is -2.10. The van der Waals surface area contributed by atoms with Crippen LogP contribution in [0.5, 0.6) is 17.4 Å². The lowest BCUT2D eigenvalue weighted by atomic mass is 10.1. The summed E-state index contributed by atoms with van der Waals surface area (Å²) in [6.07, 6.45) is 0. The molecule has 0 radical (unpaired) electrons. The summed E-state index contributed by atoms with van der Waals surface area (Å²) < 4.78 is 15.5. The van der Waals surface area contributed by atoms with E-state index in [4.69, 9.17) is 19.5 Å². The van der Waals surface area contributed by atoms with Crippen LogP contribution in [-0.2, 0) is 0 Å². The summed E-state index contributed by atoms with van der Waals surface area (Å²) in [6, 6.07) is 7.28. The van der Waals surface area contributed by atoms with E-state index in [1.165, 1.54) is 7.11 Å². The third-order valence-corrected chi connectivity index (χ3v) is 2.59. The number of ether oxygens (including phenoxy) is 3. The minimum absolute atomic E-state index is 0.286. The van der Waals surface area contributed by atoms with Crippen LogP contribution in [0.3, 0.4) is 0 Å². The number of methoxy groups -OCH3 is 3. The molecule has 1 heterocycles. The topological polar surface area (TPSA) is 64.4 Å². The Labute approximate surface area is 105 Å². The molecule has 0 atom stereocenters. The Bertz CT molecular complexity index is 632. The Morgan fingerprint density at radius 3 is 2.39 bits per heavy atom. The van der Waals surface area contributed by atoms with Gasteiger partial charge >= 0.3 is 0 Å². The predicted molar refractivity (Wildman–Crippen MR) is 66.1 cm³/mol. The molecular weight excluding hydrogens is 232 g/mol. The molecule has 0 aliphatic rings. The number of fused-ring (bicyclic) bond motifs is 1. The smallest absolute Gasteiger partial charge is 0.232 e. The van der Waals surface area contributed by atoms with E-state index in [1.54, 1.807) is 32.4 Å². The van der Waals surface area contributed by atoms with Crippen molar-refractivity contribution in [3.05, 3.63) is 23.8 Å². The van der Waals surface area contributed by atoms with Crippen LogP contribution < -0.4 is 14.2 Å². The average molecular weight is 244 g/mol. The third-order valence-electron chi connectivity index (χ3n) is 2.59. The highest BCUT2D eigenvalue weighted by atomic mass is 16.5. The van der Waals surface area contributed by atoms with E-state index in [-0.39, 0.29) is 5.88 Å². The first kappa shape index (κ1) is 12.0. The van der Waals surface area contributed by atoms with Gasteiger partial charge in [0.25, 0.3) is 0 Å². The Kier molecular flexibility index (Phi) is 3.20. The molecule has 0 amide bonds. The zero-order valence-electron chi connectivity index (χ0n) is 10.4. The molecule has 5 heteroatoms. The molecule has 5 nitrogen and oxygen atoms in total. The molecule has 2 rings (SSSR count). The minimum Gasteiger partial charge on any atom is -0.497 e. The summed E-state index contributed by atoms with van der Waals surface area (Å²) in [5.41, 5.74) is 1.01. The summed E-state index contributed by atoms with van der Waals surface area (Å²) >= 11 is 0. The van der Waals surface area contributed by atoms with Crippen LogP contribution in [0.15, 0.2) is 18.2 Å². The number of hydrogen-bond acceptors (Lipinski definition) is 5. The van der Waals surface area contributed by atoms with Gasteiger partial charge in [0.05, 0.1) is 21.3 Å². The van der Waals surface area contributed by atoms with Crippen molar-refractivity contribution in [3.8, 4) is 23.4 Å². The van der Waals surface area contributed by atoms with E-state index in [0.29, 0.717) is 22.6 Å². The van der Waals surface area contributed by atoms with Crippen LogP contribution in [0, 0.1) is 11.3 Å². The SMILES string of the molecule is COc1cc(OC)c2nc(OC)c(C#N)cc2c1. The Morgan fingerprint density at radius 2 is 1.83 bits per heavy atom. The quantitative estimate of drug-likeness (QED) is 0.827. The van der Waals surface area contributed by atoms with Gasteiger partial charge in [0, 0.05) is 11.5 Å². The van der Waals surface area contributed by atoms with E-state index in [0.717, 1.165) is 5.39 Å². The number of nitriles is 1. The molecule has 0 unspecified atom stereocenters. The molecule has 0 aliphatic heterocycles. The summed E-state index contributed by atoms with van der Waals surface area (Å²) in [5.74, 6) is 1.51. The monoisotopic (exact) mass is 244 g/mol. The van der Waals surface area contributed by atoms with Crippen LogP contribution >= 0.6 is 0 Å². The number of benzene rings is 1. The molecule has 0 saturated carbocycles. The summed E-state index contributed by atoms with van der Waals surface area (Å²) in [7, 11) is 4.61. The second kappa shape index (κ2) is 4.80. The summed E-state index contributed by atoms with van der Waals surface area (Å²) in [5, 5.41) is 9.80. The Morgan fingerprint density at radius 1 is 1.06 bits per heavy atom. The van der Waals surface area contributed by atoms with Crippen molar-refractivity contribution in [2.45, 2.75) is 0 Å². The molecule has 1 aromatic heterocycles. The maximum Gasteiger partial charge on any atom is 0.232 e. The summed E-state index contributed by atoms with van der Waals surface area (Å²) in [6.45, 7) is 0. The largest absolute Gasteiger partial charge is 0.497 e. The zero-order valence-corrected chi connectivity index (χ0v) is 10.4. The first-order valence-corrected chi connectivity index (χ1v) is 5.24. The van der Waals surface area contributed by atoms with Gasteiger partial charge in [-0.2, -0.15) is 5.26 Å². The van der Waals surface area contributed by atoms with Gasteiger partial charge in [0.1, 0.15) is 28.6 Å². The number of hydrogen-bond donors (Lipinski definition) is 0. The highest BCUT2D eigenvalue weighted by Crippen LogP contribution is 2.32. The molecule has 1 aromatic carbocycles. The Hall–Kier alpha value is -2.48. The van der Waals surface area contributed by atoms with Crippen molar-refractivity contribution in [3.63, 3.8) is 0 Å². The lowest BCUT2D eigenvalue weighted by molar-refractivity contribution is 0.391. The second-order valence-electron chi connectivity index (χ2n) is 3.56. The molecule has 2 aromatic rings. The van der Waals surface area contributed by atoms with E-state index in [9.17, 15) is 0 Å². The second-order valence-corrected chi connectivity index (χ2v) is 3.56. The zero-order chi connectivity index (χ0) is 13.1. The normalized spacial score (nSPS) is 9.89. The fraction of sp³-hybridized carbons (Fsp3) is 0.231. The van der Waals surface area contributed by atoms with Crippen molar-refractivity contribution >= 4 is 10.9 Å². The minimum atomic E-state index is 0.286. The van der Waals surface area contributed by atoms with Crippen LogP contribution in [-0.4, -0.2) is 26.3 Å². The molecular formula is C13H12N2O3. The van der Waals surface area contributed by atoms with Crippen LogP contribution in [0.2, 0.25) is 0 Å². The van der Waals surface area contributed by atoms with Crippen molar-refractivity contribution in [1.82, 2.24) is 4.98 Å². The fourth-order valence-corrected chi connectivity index (χ4v) is 1.72. The highest BCUT2D eigenvalue weighted by Gasteiger charge is 2.12. The van der Waals surface area contributed by atoms with Crippen molar-refractivity contribution < 1.29 is 14.2 Å². The van der Waals surface area contributed by atoms with Gasteiger partial charge < -0.3 is 14.2 Å². The maximum atomic E-state index is 9.03. The summed E-state index contributed by atoms with van der Waals surface area (Å²) in [4.78, 5) is 4.29. The van der Waals surface area contributed by atoms with Crippen LogP contribution in [0.1, 0.15) is 5.56 Å². The molecule has 0 fully saturated rings. The standard InChI is InChI=1S/C13H12N2O3/c1-16-10-5-8-4-9(7-14)13(18-3)15-12(8)11(6-10)17-2/h4-6H,1-3H3. The first-order valence-electron chi connectivity index (χ1n) is 5.24. The fourth-order valence-electron chi connectivity index (χ4n) is 1.72. The average Bonchev–Trinajstić information content (AvgIpc) is 2.44. The number of pyridine rings is 1. The van der Waals surface area contributed by atoms with Crippen molar-refractivity contribution in [1.29, 1.82) is 5.26 Å². The predicted octanol–water partition coefficient (Wildman–Crippen LogP) is 2.13. The molecule has 0 spiro atoms. The molecule has 0 bridgehead atoms. The van der Waals surface area contributed by atoms with Crippen LogP contribution in [0.25, 0.3) is 10.9 Å². The Balaban J connectivity index is 2.79. The van der Waals surface area contributed by atoms with Crippen LogP contribution in [0.4, 0.5) is 0 Å². The third kappa shape index (κ3) is 1.89. The van der Waals surface area contributed by atoms with Gasteiger partial charge in [-0.15, -0.1) is 0 Å². The first-order chi connectivity index (χ1) is 8.73. The van der Waals surface area contributed by atoms with Gasteiger partial charge in [0.15, 0.2) is 0 Å². The van der Waals surface area contributed by atoms with Gasteiger partial charge in [-0.1, -0.05) is 0 Å². The van der Waals surface area contributed by atoms with Crippen molar-refractivity contribution in [2.75, 3.05) is 21.3 Å². The van der Waals surface area contributed by atoms with Gasteiger partial charge in [-0.05, 0) is 12.1 Å². The molecule has 18 heavy (non-hydrogen) atoms. The van der Waals surface area contributed by atoms with Gasteiger partial charge in [-0.3, -0.25) is 0 Å². The van der Waals surface area contributed by atoms with E-state index < -0.39 is 0 Å². The highest BCUT2D eigenvalue weighted by molar-refractivity contribution is 5.88. The number of aromatic nitrogens is 1. The molecule has 92 valence electrons. The molecule has 0 N–H and O–H groups in total. The van der Waals surface area contributed by atoms with E-state index >= 15 is 0 Å². The van der Waals surface area contributed by atoms with Gasteiger partial charge in [-0.25, -0.2) is 4.98 Å². The van der Waals surface area contributed by atoms with E-state index in [1.807, 2.05) is 6.07 Å². The molecule has 0 saturated heterocycles. The lowest BCUT2D eigenvalue weighted by Crippen LogP contribution is -1.96. The van der Waals surface area contributed by atoms with Gasteiger partial charge in [0.2, 0.25) is 5.88 Å².